The Morgan fingerprint density at radius 3 is 2.14 bits per heavy atom. The zero-order chi connectivity index (χ0) is 26.8. The summed E-state index contributed by atoms with van der Waals surface area (Å²) in [6.07, 6.45) is 0.369. The molecule has 0 aliphatic carbocycles. The van der Waals surface area contributed by atoms with E-state index in [0.717, 1.165) is 11.1 Å². The topological polar surface area (TPSA) is 49.4 Å². The van der Waals surface area contributed by atoms with Gasteiger partial charge in [0.25, 0.3) is 0 Å². The van der Waals surface area contributed by atoms with E-state index in [9.17, 15) is 9.59 Å². The van der Waals surface area contributed by atoms with Crippen molar-refractivity contribution >= 4 is 58.4 Å². The molecule has 0 fully saturated rings. The largest absolute Gasteiger partial charge is 0.354 e. The molecule has 0 unspecified atom stereocenters. The van der Waals surface area contributed by atoms with Crippen LogP contribution < -0.4 is 5.32 Å². The van der Waals surface area contributed by atoms with Crippen LogP contribution >= 0.6 is 46.6 Å². The third-order valence-electron chi connectivity index (χ3n) is 5.79. The van der Waals surface area contributed by atoms with Gasteiger partial charge in [-0.1, -0.05) is 103 Å². The zero-order valence-corrected chi connectivity index (χ0v) is 24.0. The summed E-state index contributed by atoms with van der Waals surface area (Å²) in [5, 5.41) is 4.59. The summed E-state index contributed by atoms with van der Waals surface area (Å²) in [5.74, 6) is 0.652. The molecule has 0 saturated carbocycles. The summed E-state index contributed by atoms with van der Waals surface area (Å²) in [6, 6.07) is 21.8. The summed E-state index contributed by atoms with van der Waals surface area (Å²) in [5.41, 5.74) is 2.53. The predicted molar refractivity (Wildman–Crippen MR) is 156 cm³/mol. The van der Waals surface area contributed by atoms with Crippen LogP contribution in [-0.4, -0.2) is 35.1 Å². The van der Waals surface area contributed by atoms with E-state index in [1.54, 1.807) is 23.1 Å². The van der Waals surface area contributed by atoms with Crippen LogP contribution in [0, 0.1) is 5.92 Å². The predicted octanol–water partition coefficient (Wildman–Crippen LogP) is 7.29. The molecule has 1 atom stereocenters. The normalized spacial score (nSPS) is 11.8. The molecule has 8 heteroatoms. The van der Waals surface area contributed by atoms with Crippen molar-refractivity contribution in [2.45, 2.75) is 38.6 Å². The van der Waals surface area contributed by atoms with E-state index in [4.69, 9.17) is 34.8 Å². The quantitative estimate of drug-likeness (QED) is 0.246. The molecule has 3 rings (SSSR count). The maximum atomic E-state index is 13.7. The summed E-state index contributed by atoms with van der Waals surface area (Å²) >= 11 is 20.7. The Labute approximate surface area is 238 Å². The minimum absolute atomic E-state index is 0.122. The van der Waals surface area contributed by atoms with Crippen molar-refractivity contribution in [2.24, 2.45) is 5.92 Å². The molecule has 2 amide bonds. The van der Waals surface area contributed by atoms with Gasteiger partial charge in [0.1, 0.15) is 6.04 Å². The molecule has 0 aliphatic heterocycles. The molecule has 0 bridgehead atoms. The Balaban J connectivity index is 1.90. The van der Waals surface area contributed by atoms with Crippen molar-refractivity contribution in [1.82, 2.24) is 10.2 Å². The number of halogens is 3. The number of hydrogen-bond acceptors (Lipinski definition) is 3. The minimum Gasteiger partial charge on any atom is -0.354 e. The smallest absolute Gasteiger partial charge is 0.243 e. The molecule has 3 aromatic rings. The molecular formula is C29H31Cl3N2O2S. The average molecular weight is 578 g/mol. The number of rotatable bonds is 12. The summed E-state index contributed by atoms with van der Waals surface area (Å²) in [6.45, 7) is 4.70. The minimum atomic E-state index is -0.734. The first-order chi connectivity index (χ1) is 17.8. The number of hydrogen-bond donors (Lipinski definition) is 1. The molecule has 0 spiro atoms. The molecule has 0 aliphatic rings. The van der Waals surface area contributed by atoms with Crippen LogP contribution in [0.25, 0.3) is 0 Å². The molecular weight excluding hydrogens is 547 g/mol. The Kier molecular flexibility index (Phi) is 11.7. The second-order valence-electron chi connectivity index (χ2n) is 9.15. The monoisotopic (exact) mass is 576 g/mol. The fourth-order valence-electron chi connectivity index (χ4n) is 3.78. The average Bonchev–Trinajstić information content (AvgIpc) is 2.87. The van der Waals surface area contributed by atoms with Crippen molar-refractivity contribution < 1.29 is 9.59 Å². The van der Waals surface area contributed by atoms with Gasteiger partial charge in [-0.2, -0.15) is 0 Å². The van der Waals surface area contributed by atoms with Crippen LogP contribution in [0.15, 0.2) is 72.8 Å². The van der Waals surface area contributed by atoms with Gasteiger partial charge in [-0.05, 0) is 35.2 Å². The van der Waals surface area contributed by atoms with Crippen LogP contribution in [0.5, 0.6) is 0 Å². The van der Waals surface area contributed by atoms with Crippen LogP contribution in [0.1, 0.15) is 30.5 Å². The SMILES string of the molecule is CC(C)CNC(=O)[C@@H](Cc1ccccc1)N(Cc1c(Cl)cccc1Cl)C(=O)CSCc1ccccc1Cl. The number of nitrogens with one attached hydrogen (secondary N) is 1. The standard InChI is InChI=1S/C29H31Cl3N2O2S/c1-20(2)16-33-29(36)27(15-21-9-4-3-5-10-21)34(17-23-25(31)13-8-14-26(23)32)28(35)19-37-18-22-11-6-7-12-24(22)30/h3-14,20,27H,15-19H2,1-2H3,(H,33,36)/t27-/m1/s1. The Bertz CT molecular complexity index is 1170. The maximum absolute atomic E-state index is 13.7. The van der Waals surface area contributed by atoms with E-state index in [-0.39, 0.29) is 30.0 Å². The van der Waals surface area contributed by atoms with Crippen molar-refractivity contribution in [2.75, 3.05) is 12.3 Å². The number of carbonyl (C=O) groups is 2. The second-order valence-corrected chi connectivity index (χ2v) is 11.4. The molecule has 0 aromatic heterocycles. The highest BCUT2D eigenvalue weighted by Crippen LogP contribution is 2.28. The van der Waals surface area contributed by atoms with Crippen LogP contribution in [0.2, 0.25) is 15.1 Å². The van der Waals surface area contributed by atoms with Gasteiger partial charge < -0.3 is 10.2 Å². The molecule has 37 heavy (non-hydrogen) atoms. The van der Waals surface area contributed by atoms with E-state index in [1.165, 1.54) is 11.8 Å². The first-order valence-electron chi connectivity index (χ1n) is 12.1. The van der Waals surface area contributed by atoms with Gasteiger partial charge in [-0.3, -0.25) is 9.59 Å². The van der Waals surface area contributed by atoms with Crippen molar-refractivity contribution in [3.05, 3.63) is 105 Å². The molecule has 0 radical (unpaired) electrons. The lowest BCUT2D eigenvalue weighted by atomic mass is 10.0. The summed E-state index contributed by atoms with van der Waals surface area (Å²) < 4.78 is 0. The molecule has 0 heterocycles. The number of nitrogens with zero attached hydrogens (tertiary/aromatic N) is 1. The molecule has 3 aromatic carbocycles. The molecule has 0 saturated heterocycles. The number of benzene rings is 3. The van der Waals surface area contributed by atoms with E-state index in [0.29, 0.717) is 39.3 Å². The van der Waals surface area contributed by atoms with Gasteiger partial charge in [0.2, 0.25) is 11.8 Å². The summed E-state index contributed by atoms with van der Waals surface area (Å²) in [7, 11) is 0. The van der Waals surface area contributed by atoms with Gasteiger partial charge in [-0.15, -0.1) is 11.8 Å². The zero-order valence-electron chi connectivity index (χ0n) is 20.9. The fraction of sp³-hybridized carbons (Fsp3) is 0.310. The third kappa shape index (κ3) is 8.96. The van der Waals surface area contributed by atoms with Crippen LogP contribution in [0.3, 0.4) is 0 Å². The van der Waals surface area contributed by atoms with E-state index >= 15 is 0 Å². The summed E-state index contributed by atoms with van der Waals surface area (Å²) in [4.78, 5) is 28.8. The molecule has 1 N–H and O–H groups in total. The fourth-order valence-corrected chi connectivity index (χ4v) is 5.49. The highest BCUT2D eigenvalue weighted by atomic mass is 35.5. The van der Waals surface area contributed by atoms with E-state index in [1.807, 2.05) is 68.4 Å². The lowest BCUT2D eigenvalue weighted by molar-refractivity contribution is -0.139. The molecule has 4 nitrogen and oxygen atoms in total. The lowest BCUT2D eigenvalue weighted by Crippen LogP contribution is -2.51. The second kappa shape index (κ2) is 14.7. The number of carbonyl (C=O) groups excluding carboxylic acids is 2. The third-order valence-corrected chi connectivity index (χ3v) is 7.83. The highest BCUT2D eigenvalue weighted by molar-refractivity contribution is 7.99. The Morgan fingerprint density at radius 2 is 1.49 bits per heavy atom. The highest BCUT2D eigenvalue weighted by Gasteiger charge is 2.31. The van der Waals surface area contributed by atoms with Crippen LogP contribution in [-0.2, 0) is 28.3 Å². The van der Waals surface area contributed by atoms with Crippen molar-refractivity contribution in [3.8, 4) is 0 Å². The first-order valence-corrected chi connectivity index (χ1v) is 14.4. The van der Waals surface area contributed by atoms with Crippen molar-refractivity contribution in [1.29, 1.82) is 0 Å². The van der Waals surface area contributed by atoms with E-state index in [2.05, 4.69) is 5.32 Å². The van der Waals surface area contributed by atoms with E-state index < -0.39 is 6.04 Å². The van der Waals surface area contributed by atoms with Gasteiger partial charge in [0.15, 0.2) is 0 Å². The van der Waals surface area contributed by atoms with Crippen LogP contribution in [0.4, 0.5) is 0 Å². The Morgan fingerprint density at radius 1 is 0.865 bits per heavy atom. The lowest BCUT2D eigenvalue weighted by Gasteiger charge is -2.32. The van der Waals surface area contributed by atoms with Gasteiger partial charge in [0, 0.05) is 45.9 Å². The maximum Gasteiger partial charge on any atom is 0.243 e. The molecule has 196 valence electrons. The van der Waals surface area contributed by atoms with Gasteiger partial charge >= 0.3 is 0 Å². The van der Waals surface area contributed by atoms with Gasteiger partial charge in [-0.25, -0.2) is 0 Å². The number of amides is 2. The Hall–Kier alpha value is -2.18. The first kappa shape index (κ1) is 29.4. The van der Waals surface area contributed by atoms with Gasteiger partial charge in [0.05, 0.1) is 5.75 Å². The van der Waals surface area contributed by atoms with Crippen molar-refractivity contribution in [3.63, 3.8) is 0 Å². The number of thioether (sulfide) groups is 1.